The van der Waals surface area contributed by atoms with Crippen LogP contribution in [0.4, 0.5) is 0 Å². The topological polar surface area (TPSA) is 85.3 Å². The molecule has 1 aliphatic rings. The Balaban J connectivity index is 2.72. The standard InChI is InChI=1S/C19H22ClNO6/c1-10(2)21-8-12(18(23)26-4)16(13(9-21)19(24)27-5)11-6-14(20)17(22)15(7-11)25-3/h6-10,16,22H,1-5H3. The molecule has 1 aromatic rings. The minimum absolute atomic E-state index is 0.0109. The highest BCUT2D eigenvalue weighted by molar-refractivity contribution is 6.32. The van der Waals surface area contributed by atoms with Crippen molar-refractivity contribution in [3.8, 4) is 11.5 Å². The molecule has 146 valence electrons. The summed E-state index contributed by atoms with van der Waals surface area (Å²) in [6.07, 6.45) is 3.25. The number of rotatable bonds is 5. The van der Waals surface area contributed by atoms with E-state index in [2.05, 4.69) is 0 Å². The van der Waals surface area contributed by atoms with E-state index in [1.54, 1.807) is 17.3 Å². The highest BCUT2D eigenvalue weighted by Crippen LogP contribution is 2.43. The number of benzene rings is 1. The van der Waals surface area contributed by atoms with Crippen molar-refractivity contribution in [2.24, 2.45) is 0 Å². The molecule has 27 heavy (non-hydrogen) atoms. The molecule has 1 heterocycles. The zero-order chi connectivity index (χ0) is 20.3. The van der Waals surface area contributed by atoms with Crippen molar-refractivity contribution in [3.63, 3.8) is 0 Å². The van der Waals surface area contributed by atoms with Gasteiger partial charge in [0, 0.05) is 18.4 Å². The van der Waals surface area contributed by atoms with Gasteiger partial charge in [0.2, 0.25) is 0 Å². The summed E-state index contributed by atoms with van der Waals surface area (Å²) in [5.41, 5.74) is 0.946. The number of carbonyl (C=O) groups excluding carboxylic acids is 2. The molecular formula is C19H22ClNO6. The number of halogens is 1. The van der Waals surface area contributed by atoms with Crippen LogP contribution in [0.25, 0.3) is 0 Å². The van der Waals surface area contributed by atoms with Gasteiger partial charge in [0.15, 0.2) is 11.5 Å². The average Bonchev–Trinajstić information content (AvgIpc) is 2.67. The highest BCUT2D eigenvalue weighted by Gasteiger charge is 2.36. The van der Waals surface area contributed by atoms with E-state index < -0.39 is 17.9 Å². The molecule has 0 unspecified atom stereocenters. The van der Waals surface area contributed by atoms with Crippen LogP contribution in [0.5, 0.6) is 11.5 Å². The Bertz CT molecular complexity index is 781. The molecule has 0 aromatic heterocycles. The molecule has 0 atom stereocenters. The van der Waals surface area contributed by atoms with E-state index in [9.17, 15) is 14.7 Å². The third kappa shape index (κ3) is 4.03. The lowest BCUT2D eigenvalue weighted by atomic mass is 9.83. The van der Waals surface area contributed by atoms with Gasteiger partial charge in [-0.2, -0.15) is 0 Å². The quantitative estimate of drug-likeness (QED) is 0.767. The molecule has 0 aliphatic carbocycles. The van der Waals surface area contributed by atoms with Crippen LogP contribution in [0.3, 0.4) is 0 Å². The predicted molar refractivity (Wildman–Crippen MR) is 99.6 cm³/mol. The Hall–Kier alpha value is -2.67. The van der Waals surface area contributed by atoms with E-state index in [0.29, 0.717) is 5.56 Å². The molecule has 0 fully saturated rings. The zero-order valence-electron chi connectivity index (χ0n) is 15.8. The maximum atomic E-state index is 12.5. The molecule has 1 aliphatic heterocycles. The number of nitrogens with zero attached hydrogens (tertiary/aromatic N) is 1. The number of esters is 2. The van der Waals surface area contributed by atoms with Gasteiger partial charge in [0.05, 0.1) is 43.4 Å². The largest absolute Gasteiger partial charge is 0.503 e. The number of methoxy groups -OCH3 is 3. The highest BCUT2D eigenvalue weighted by atomic mass is 35.5. The minimum atomic E-state index is -0.799. The van der Waals surface area contributed by atoms with Crippen molar-refractivity contribution in [1.82, 2.24) is 4.90 Å². The second-order valence-corrected chi connectivity index (χ2v) is 6.59. The average molecular weight is 396 g/mol. The number of carbonyl (C=O) groups is 2. The van der Waals surface area contributed by atoms with E-state index in [1.807, 2.05) is 13.8 Å². The van der Waals surface area contributed by atoms with Gasteiger partial charge in [-0.3, -0.25) is 0 Å². The van der Waals surface area contributed by atoms with Crippen LogP contribution < -0.4 is 4.74 Å². The molecule has 8 heteroatoms. The Morgan fingerprint density at radius 1 is 1.07 bits per heavy atom. The molecule has 0 spiro atoms. The van der Waals surface area contributed by atoms with Crippen molar-refractivity contribution in [3.05, 3.63) is 46.3 Å². The van der Waals surface area contributed by atoms with Gasteiger partial charge in [-0.1, -0.05) is 11.6 Å². The van der Waals surface area contributed by atoms with Gasteiger partial charge in [0.25, 0.3) is 0 Å². The molecule has 1 N–H and O–H groups in total. The van der Waals surface area contributed by atoms with Crippen molar-refractivity contribution < 1.29 is 28.9 Å². The summed E-state index contributed by atoms with van der Waals surface area (Å²) >= 11 is 6.11. The predicted octanol–water partition coefficient (Wildman–Crippen LogP) is 2.98. The summed E-state index contributed by atoms with van der Waals surface area (Å²) in [7, 11) is 3.91. The van der Waals surface area contributed by atoms with Crippen LogP contribution in [0.1, 0.15) is 25.3 Å². The fourth-order valence-electron chi connectivity index (χ4n) is 2.83. The first-order chi connectivity index (χ1) is 12.7. The number of phenols is 1. The molecule has 0 bridgehead atoms. The van der Waals surface area contributed by atoms with Gasteiger partial charge >= 0.3 is 11.9 Å². The first kappa shape index (κ1) is 20.6. The fraction of sp³-hybridized carbons (Fsp3) is 0.368. The minimum Gasteiger partial charge on any atom is -0.503 e. The first-order valence-corrected chi connectivity index (χ1v) is 8.56. The summed E-state index contributed by atoms with van der Waals surface area (Å²) in [5, 5.41) is 10.0. The van der Waals surface area contributed by atoms with Crippen molar-refractivity contribution in [2.45, 2.75) is 25.8 Å². The van der Waals surface area contributed by atoms with E-state index in [0.717, 1.165) is 0 Å². The van der Waals surface area contributed by atoms with Crippen LogP contribution in [0.2, 0.25) is 5.02 Å². The van der Waals surface area contributed by atoms with Crippen molar-refractivity contribution in [1.29, 1.82) is 0 Å². The molecule has 1 aromatic carbocycles. The maximum absolute atomic E-state index is 12.5. The number of aromatic hydroxyl groups is 1. The monoisotopic (exact) mass is 395 g/mol. The first-order valence-electron chi connectivity index (χ1n) is 8.19. The van der Waals surface area contributed by atoms with Crippen molar-refractivity contribution >= 4 is 23.5 Å². The van der Waals surface area contributed by atoms with Gasteiger partial charge in [-0.25, -0.2) is 9.59 Å². The van der Waals surface area contributed by atoms with Crippen LogP contribution >= 0.6 is 11.6 Å². The molecule has 7 nitrogen and oxygen atoms in total. The smallest absolute Gasteiger partial charge is 0.336 e. The summed E-state index contributed by atoms with van der Waals surface area (Å²) in [5.74, 6) is -2.09. The normalized spacial score (nSPS) is 14.6. The summed E-state index contributed by atoms with van der Waals surface area (Å²) in [6, 6.07) is 2.98. The second-order valence-electron chi connectivity index (χ2n) is 6.18. The SMILES string of the molecule is COC(=O)C1=CN(C(C)C)C=C(C(=O)OC)C1c1cc(Cl)c(O)c(OC)c1. The van der Waals surface area contributed by atoms with Gasteiger partial charge in [0.1, 0.15) is 0 Å². The van der Waals surface area contributed by atoms with E-state index in [-0.39, 0.29) is 33.7 Å². The van der Waals surface area contributed by atoms with Crippen LogP contribution in [-0.4, -0.2) is 49.3 Å². The second kappa shape index (κ2) is 8.35. The lowest BCUT2D eigenvalue weighted by Gasteiger charge is -2.32. The molecule has 0 amide bonds. The molecule has 0 radical (unpaired) electrons. The summed E-state index contributed by atoms with van der Waals surface area (Å²) in [4.78, 5) is 26.7. The van der Waals surface area contributed by atoms with Crippen LogP contribution in [0, 0.1) is 0 Å². The Labute approximate surface area is 162 Å². The van der Waals surface area contributed by atoms with Gasteiger partial charge in [-0.15, -0.1) is 0 Å². The van der Waals surface area contributed by atoms with Gasteiger partial charge < -0.3 is 24.2 Å². The van der Waals surface area contributed by atoms with E-state index in [1.165, 1.54) is 33.5 Å². The van der Waals surface area contributed by atoms with E-state index >= 15 is 0 Å². The van der Waals surface area contributed by atoms with Crippen LogP contribution in [-0.2, 0) is 19.1 Å². The molecular weight excluding hydrogens is 374 g/mol. The zero-order valence-corrected chi connectivity index (χ0v) is 16.5. The number of hydrogen-bond acceptors (Lipinski definition) is 7. The summed E-state index contributed by atoms with van der Waals surface area (Å²) in [6.45, 7) is 3.83. The Kier molecular flexibility index (Phi) is 6.38. The van der Waals surface area contributed by atoms with Crippen LogP contribution in [0.15, 0.2) is 35.7 Å². The number of hydrogen-bond donors (Lipinski definition) is 1. The Morgan fingerprint density at radius 3 is 2.00 bits per heavy atom. The van der Waals surface area contributed by atoms with E-state index in [4.69, 9.17) is 25.8 Å². The Morgan fingerprint density at radius 2 is 1.59 bits per heavy atom. The third-order valence-corrected chi connectivity index (χ3v) is 4.53. The summed E-state index contributed by atoms with van der Waals surface area (Å²) < 4.78 is 15.0. The lowest BCUT2D eigenvalue weighted by Crippen LogP contribution is -2.31. The molecule has 0 saturated carbocycles. The van der Waals surface area contributed by atoms with Gasteiger partial charge in [-0.05, 0) is 31.5 Å². The lowest BCUT2D eigenvalue weighted by molar-refractivity contribution is -0.137. The third-order valence-electron chi connectivity index (χ3n) is 4.24. The molecule has 2 rings (SSSR count). The number of ether oxygens (including phenoxy) is 3. The number of phenolic OH excluding ortho intramolecular Hbond substituents is 1. The maximum Gasteiger partial charge on any atom is 0.336 e. The van der Waals surface area contributed by atoms with Crippen molar-refractivity contribution in [2.75, 3.05) is 21.3 Å². The molecule has 0 saturated heterocycles. The fourth-order valence-corrected chi connectivity index (χ4v) is 3.04.